The van der Waals surface area contributed by atoms with Crippen molar-refractivity contribution in [2.24, 2.45) is 0 Å². The summed E-state index contributed by atoms with van der Waals surface area (Å²) in [5.74, 6) is 3.32. The fourth-order valence-corrected chi connectivity index (χ4v) is 5.10. The first-order valence-electron chi connectivity index (χ1n) is 12.5. The molecule has 4 rings (SSSR count). The van der Waals surface area contributed by atoms with Gasteiger partial charge >= 0.3 is 0 Å². The van der Waals surface area contributed by atoms with E-state index in [0.717, 1.165) is 53.2 Å². The Balaban J connectivity index is 1.38. The number of aryl methyl sites for hydroxylation is 2. The highest BCUT2D eigenvalue weighted by atomic mass is 79.9. The maximum Gasteiger partial charge on any atom is 0.209 e. The third-order valence-corrected chi connectivity index (χ3v) is 7.24. The van der Waals surface area contributed by atoms with Crippen molar-refractivity contribution in [3.63, 3.8) is 0 Å². The highest BCUT2D eigenvalue weighted by molar-refractivity contribution is 9.10. The Bertz CT molecular complexity index is 1340. The maximum absolute atomic E-state index is 10.6. The zero-order valence-corrected chi connectivity index (χ0v) is 23.7. The minimum Gasteiger partial charge on any atom is -0.507 e. The van der Waals surface area contributed by atoms with Gasteiger partial charge in [0.25, 0.3) is 0 Å². The van der Waals surface area contributed by atoms with Gasteiger partial charge in [-0.2, -0.15) is 4.37 Å². The molecular formula is C29H31BrN2O4S. The summed E-state index contributed by atoms with van der Waals surface area (Å²) in [6.07, 6.45) is 3.32. The number of phenolic OH excluding ortho intramolecular Hbond substituents is 1. The van der Waals surface area contributed by atoms with Crippen LogP contribution in [0.3, 0.4) is 0 Å². The van der Waals surface area contributed by atoms with Crippen LogP contribution in [-0.4, -0.2) is 27.7 Å². The molecule has 0 amide bonds. The van der Waals surface area contributed by atoms with Gasteiger partial charge in [-0.05, 0) is 82.6 Å². The largest absolute Gasteiger partial charge is 0.507 e. The molecule has 0 aliphatic heterocycles. The third-order valence-electron chi connectivity index (χ3n) is 5.90. The average Bonchev–Trinajstić information content (AvgIpc) is 3.32. The molecule has 3 aromatic carbocycles. The van der Waals surface area contributed by atoms with Gasteiger partial charge in [0.2, 0.25) is 4.73 Å². The van der Waals surface area contributed by atoms with Gasteiger partial charge in [-0.3, -0.25) is 0 Å². The monoisotopic (exact) mass is 582 g/mol. The van der Waals surface area contributed by atoms with E-state index in [1.807, 2.05) is 55.5 Å². The zero-order valence-electron chi connectivity index (χ0n) is 21.3. The number of hydrogen-bond acceptors (Lipinski definition) is 7. The van der Waals surface area contributed by atoms with Gasteiger partial charge in [-0.15, -0.1) is 0 Å². The number of hydrogen-bond donors (Lipinski definition) is 1. The van der Waals surface area contributed by atoms with E-state index in [4.69, 9.17) is 14.2 Å². The predicted octanol–water partition coefficient (Wildman–Crippen LogP) is 8.14. The second kappa shape index (κ2) is 12.9. The minimum absolute atomic E-state index is 0.127. The van der Waals surface area contributed by atoms with Gasteiger partial charge in [0.1, 0.15) is 33.8 Å². The molecule has 0 unspecified atom stereocenters. The smallest absolute Gasteiger partial charge is 0.209 e. The van der Waals surface area contributed by atoms with Gasteiger partial charge < -0.3 is 19.3 Å². The summed E-state index contributed by atoms with van der Waals surface area (Å²) < 4.78 is 23.1. The molecule has 194 valence electrons. The van der Waals surface area contributed by atoms with Crippen LogP contribution in [0.2, 0.25) is 0 Å². The van der Waals surface area contributed by atoms with E-state index in [2.05, 4.69) is 39.1 Å². The molecular weight excluding hydrogens is 552 g/mol. The normalized spacial score (nSPS) is 10.9. The molecule has 0 fully saturated rings. The quantitative estimate of drug-likeness (QED) is 0.170. The van der Waals surface area contributed by atoms with Crippen molar-refractivity contribution in [1.82, 2.24) is 9.36 Å². The van der Waals surface area contributed by atoms with E-state index >= 15 is 0 Å². The SMILES string of the molecule is CCCc1c(OCCCOc2cc(O)c(-c3nc(Br)ns3)cc2CC)cccc1Oc1ccccc1C. The fourth-order valence-electron chi connectivity index (χ4n) is 4.00. The van der Waals surface area contributed by atoms with E-state index in [1.54, 1.807) is 6.07 Å². The second-order valence-corrected chi connectivity index (χ2v) is 10.1. The molecule has 1 heterocycles. The molecule has 37 heavy (non-hydrogen) atoms. The van der Waals surface area contributed by atoms with Crippen molar-refractivity contribution in [3.8, 4) is 39.3 Å². The van der Waals surface area contributed by atoms with Crippen LogP contribution in [0.5, 0.6) is 28.7 Å². The molecule has 0 atom stereocenters. The van der Waals surface area contributed by atoms with Crippen LogP contribution in [0, 0.1) is 6.92 Å². The summed E-state index contributed by atoms with van der Waals surface area (Å²) in [5.41, 5.74) is 3.83. The first-order valence-corrected chi connectivity index (χ1v) is 14.0. The van der Waals surface area contributed by atoms with Gasteiger partial charge in [-0.25, -0.2) is 4.98 Å². The van der Waals surface area contributed by atoms with Gasteiger partial charge in [0.15, 0.2) is 0 Å². The number of rotatable bonds is 12. The Labute approximate surface area is 230 Å². The number of halogens is 1. The Kier molecular flexibility index (Phi) is 9.41. The van der Waals surface area contributed by atoms with Gasteiger partial charge in [0.05, 0.1) is 18.8 Å². The van der Waals surface area contributed by atoms with Crippen LogP contribution >= 0.6 is 27.5 Å². The molecule has 0 spiro atoms. The maximum atomic E-state index is 10.6. The lowest BCUT2D eigenvalue weighted by atomic mass is 10.1. The van der Waals surface area contributed by atoms with Crippen molar-refractivity contribution in [1.29, 1.82) is 0 Å². The molecule has 8 heteroatoms. The first-order chi connectivity index (χ1) is 18.0. The third kappa shape index (κ3) is 6.81. The zero-order chi connectivity index (χ0) is 26.2. The molecule has 0 aliphatic carbocycles. The lowest BCUT2D eigenvalue weighted by Crippen LogP contribution is -2.07. The molecule has 6 nitrogen and oxygen atoms in total. The van der Waals surface area contributed by atoms with Crippen LogP contribution in [-0.2, 0) is 12.8 Å². The number of ether oxygens (including phenoxy) is 3. The summed E-state index contributed by atoms with van der Waals surface area (Å²) in [6.45, 7) is 7.23. The molecule has 0 aliphatic rings. The summed E-state index contributed by atoms with van der Waals surface area (Å²) in [5, 5.41) is 11.2. The first kappa shape index (κ1) is 26.9. The summed E-state index contributed by atoms with van der Waals surface area (Å²) >= 11 is 4.50. The van der Waals surface area contributed by atoms with Crippen molar-refractivity contribution < 1.29 is 19.3 Å². The summed E-state index contributed by atoms with van der Waals surface area (Å²) in [6, 6.07) is 17.6. The van der Waals surface area contributed by atoms with Crippen molar-refractivity contribution >= 4 is 27.5 Å². The highest BCUT2D eigenvalue weighted by Gasteiger charge is 2.15. The Hall–Kier alpha value is -3.10. The predicted molar refractivity (Wildman–Crippen MR) is 151 cm³/mol. The van der Waals surface area contributed by atoms with E-state index in [9.17, 15) is 5.11 Å². The van der Waals surface area contributed by atoms with E-state index in [-0.39, 0.29) is 5.75 Å². The van der Waals surface area contributed by atoms with Gasteiger partial charge in [0, 0.05) is 18.1 Å². The fraction of sp³-hybridized carbons (Fsp3) is 0.310. The topological polar surface area (TPSA) is 73.7 Å². The number of nitrogens with zero attached hydrogens (tertiary/aromatic N) is 2. The Morgan fingerprint density at radius 2 is 1.65 bits per heavy atom. The molecule has 0 saturated heterocycles. The van der Waals surface area contributed by atoms with Crippen molar-refractivity contribution in [2.45, 2.75) is 46.5 Å². The molecule has 1 aromatic heterocycles. The number of aromatic hydroxyl groups is 1. The van der Waals surface area contributed by atoms with Crippen LogP contribution in [0.25, 0.3) is 10.6 Å². The Morgan fingerprint density at radius 3 is 2.35 bits per heavy atom. The standard InChI is InChI=1S/C29H31BrN2O4S/c1-4-10-21-25(13-8-14-26(21)36-24-12-7-6-11-19(24)3)34-15-9-16-35-27-18-23(33)22(17-20(27)5-2)28-31-29(30)32-37-28/h6-8,11-14,17-18,33H,4-5,9-10,15-16H2,1-3H3. The summed E-state index contributed by atoms with van der Waals surface area (Å²) in [7, 11) is 0. The number of phenols is 1. The molecule has 0 bridgehead atoms. The number of aromatic nitrogens is 2. The van der Waals surface area contributed by atoms with Gasteiger partial charge in [-0.1, -0.05) is 44.5 Å². The molecule has 4 aromatic rings. The summed E-state index contributed by atoms with van der Waals surface area (Å²) in [4.78, 5) is 4.31. The van der Waals surface area contributed by atoms with Crippen LogP contribution in [0.4, 0.5) is 0 Å². The van der Waals surface area contributed by atoms with Crippen LogP contribution < -0.4 is 14.2 Å². The molecule has 0 saturated carbocycles. The lowest BCUT2D eigenvalue weighted by molar-refractivity contribution is 0.244. The minimum atomic E-state index is 0.127. The van der Waals surface area contributed by atoms with Crippen LogP contribution in [0.15, 0.2) is 59.3 Å². The van der Waals surface area contributed by atoms with Crippen molar-refractivity contribution in [3.05, 3.63) is 76.0 Å². The Morgan fingerprint density at radius 1 is 0.919 bits per heavy atom. The number of para-hydroxylation sites is 1. The van der Waals surface area contributed by atoms with E-state index in [1.165, 1.54) is 11.5 Å². The number of benzene rings is 3. The molecule has 1 N–H and O–H groups in total. The van der Waals surface area contributed by atoms with E-state index in [0.29, 0.717) is 40.7 Å². The highest BCUT2D eigenvalue weighted by Crippen LogP contribution is 2.37. The van der Waals surface area contributed by atoms with Crippen molar-refractivity contribution in [2.75, 3.05) is 13.2 Å². The second-order valence-electron chi connectivity index (χ2n) is 8.60. The van der Waals surface area contributed by atoms with E-state index < -0.39 is 0 Å². The average molecular weight is 584 g/mol. The lowest BCUT2D eigenvalue weighted by Gasteiger charge is -2.17. The molecule has 0 radical (unpaired) electrons. The van der Waals surface area contributed by atoms with Crippen LogP contribution in [0.1, 0.15) is 43.4 Å².